The van der Waals surface area contributed by atoms with E-state index in [0.717, 1.165) is 32.2 Å². The Kier molecular flexibility index (Phi) is 9.17. The summed E-state index contributed by atoms with van der Waals surface area (Å²) in [7, 11) is -1.29. The lowest BCUT2D eigenvalue weighted by atomic mass is 9.72. The Morgan fingerprint density at radius 2 is 2.00 bits per heavy atom. The summed E-state index contributed by atoms with van der Waals surface area (Å²) in [4.78, 5) is 28.3. The van der Waals surface area contributed by atoms with Crippen LogP contribution in [-0.2, 0) is 11.2 Å². The van der Waals surface area contributed by atoms with Crippen LogP contribution in [0.5, 0.6) is 5.75 Å². The van der Waals surface area contributed by atoms with E-state index in [-0.39, 0.29) is 23.3 Å². The standard InChI is InChI=1S/C23H36BN5O5/c1-14(2)28-23(25)27-11-10-26-17-8-6-15(7-9-17)12-20(30)29-19-13-16-4-3-5-18(22(31)32)21(16)34-24(19)33/h3-5,14-15,17,19,26,33H,6-13H2,1-2H3,(H,29,30)(H,31,32)(H3,25,27,28)/t15?,17?,19-/m0/s1. The third kappa shape index (κ3) is 7.36. The number of aromatic carboxylic acids is 1. The molecule has 1 aliphatic carbocycles. The molecule has 10 nitrogen and oxygen atoms in total. The maximum Gasteiger partial charge on any atom is 0.547 e. The number of rotatable bonds is 9. The molecule has 0 unspecified atom stereocenters. The van der Waals surface area contributed by atoms with E-state index in [1.807, 2.05) is 13.8 Å². The first kappa shape index (κ1) is 25.8. The van der Waals surface area contributed by atoms with Crippen LogP contribution in [0, 0.1) is 5.92 Å². The second-order valence-corrected chi connectivity index (χ2v) is 9.43. The van der Waals surface area contributed by atoms with Gasteiger partial charge in [0.05, 0.1) is 18.0 Å². The van der Waals surface area contributed by atoms with Gasteiger partial charge in [-0.1, -0.05) is 12.1 Å². The van der Waals surface area contributed by atoms with Crippen molar-refractivity contribution in [3.63, 3.8) is 0 Å². The maximum atomic E-state index is 12.6. The fourth-order valence-electron chi connectivity index (χ4n) is 4.60. The highest BCUT2D eigenvalue weighted by atomic mass is 16.5. The van der Waals surface area contributed by atoms with E-state index in [1.165, 1.54) is 6.07 Å². The molecule has 34 heavy (non-hydrogen) atoms. The largest absolute Gasteiger partial charge is 0.547 e. The predicted molar refractivity (Wildman–Crippen MR) is 131 cm³/mol. The summed E-state index contributed by atoms with van der Waals surface area (Å²) in [6, 6.07) is 5.51. The summed E-state index contributed by atoms with van der Waals surface area (Å²) in [6.07, 6.45) is 4.64. The second kappa shape index (κ2) is 12.1. The zero-order valence-electron chi connectivity index (χ0n) is 19.9. The van der Waals surface area contributed by atoms with Crippen molar-refractivity contribution in [2.24, 2.45) is 16.6 Å². The minimum absolute atomic E-state index is 0.00851. The Labute approximate surface area is 200 Å². The molecule has 186 valence electrons. The van der Waals surface area contributed by atoms with Gasteiger partial charge in [-0.3, -0.25) is 9.79 Å². The quantitative estimate of drug-likeness (QED) is 0.132. The minimum atomic E-state index is -1.29. The summed E-state index contributed by atoms with van der Waals surface area (Å²) in [5.74, 6) is -0.912. The van der Waals surface area contributed by atoms with Crippen molar-refractivity contribution >= 4 is 25.0 Å². The molecule has 2 aliphatic rings. The van der Waals surface area contributed by atoms with Gasteiger partial charge in [0.1, 0.15) is 5.75 Å². The third-order valence-electron chi connectivity index (χ3n) is 6.28. The van der Waals surface area contributed by atoms with Crippen LogP contribution in [0.4, 0.5) is 0 Å². The lowest BCUT2D eigenvalue weighted by Crippen LogP contribution is -2.53. The van der Waals surface area contributed by atoms with Gasteiger partial charge >= 0.3 is 13.1 Å². The van der Waals surface area contributed by atoms with Crippen molar-refractivity contribution in [3.8, 4) is 5.75 Å². The number of nitrogens with one attached hydrogen (secondary N) is 3. The van der Waals surface area contributed by atoms with E-state index in [2.05, 4.69) is 20.9 Å². The van der Waals surface area contributed by atoms with Gasteiger partial charge in [-0.05, 0) is 63.5 Å². The Hall–Kier alpha value is -2.79. The molecule has 1 atom stereocenters. The normalized spacial score (nSPS) is 22.6. The highest BCUT2D eigenvalue weighted by Crippen LogP contribution is 2.31. The summed E-state index contributed by atoms with van der Waals surface area (Å²) >= 11 is 0. The summed E-state index contributed by atoms with van der Waals surface area (Å²) in [5, 5.41) is 29.1. The molecule has 1 aromatic rings. The number of nitrogens with two attached hydrogens (primary N) is 1. The summed E-state index contributed by atoms with van der Waals surface area (Å²) < 4.78 is 5.45. The van der Waals surface area contributed by atoms with Gasteiger partial charge in [-0.2, -0.15) is 0 Å². The van der Waals surface area contributed by atoms with Gasteiger partial charge in [-0.15, -0.1) is 0 Å². The van der Waals surface area contributed by atoms with Gasteiger partial charge in [0, 0.05) is 25.0 Å². The number of para-hydroxylation sites is 1. The van der Waals surface area contributed by atoms with Crippen LogP contribution >= 0.6 is 0 Å². The van der Waals surface area contributed by atoms with Crippen LogP contribution in [0.2, 0.25) is 0 Å². The Balaban J connectivity index is 1.39. The van der Waals surface area contributed by atoms with Gasteiger partial charge in [0.2, 0.25) is 5.91 Å². The van der Waals surface area contributed by atoms with Crippen LogP contribution in [0.3, 0.4) is 0 Å². The third-order valence-corrected chi connectivity index (χ3v) is 6.28. The highest BCUT2D eigenvalue weighted by molar-refractivity contribution is 6.47. The van der Waals surface area contributed by atoms with E-state index in [0.29, 0.717) is 42.9 Å². The Morgan fingerprint density at radius 1 is 1.26 bits per heavy atom. The van der Waals surface area contributed by atoms with E-state index in [4.69, 9.17) is 10.4 Å². The molecule has 7 N–H and O–H groups in total. The average molecular weight is 473 g/mol. The number of carboxylic acids is 1. The number of hydrogen-bond donors (Lipinski definition) is 6. The summed E-state index contributed by atoms with van der Waals surface area (Å²) in [5.41, 5.74) is 6.47. The first-order valence-corrected chi connectivity index (χ1v) is 12.0. The molecule has 1 saturated carbocycles. The fourth-order valence-corrected chi connectivity index (χ4v) is 4.60. The number of amides is 1. The first-order chi connectivity index (χ1) is 16.2. The van der Waals surface area contributed by atoms with E-state index < -0.39 is 19.0 Å². The molecule has 0 radical (unpaired) electrons. The van der Waals surface area contributed by atoms with Crippen molar-refractivity contribution in [1.29, 1.82) is 0 Å². The zero-order valence-corrected chi connectivity index (χ0v) is 19.9. The number of benzene rings is 1. The Bertz CT molecular complexity index is 889. The fraction of sp³-hybridized carbons (Fsp3) is 0.609. The molecule has 3 rings (SSSR count). The van der Waals surface area contributed by atoms with Crippen LogP contribution in [0.1, 0.15) is 61.9 Å². The molecule has 0 aromatic heterocycles. The number of carboxylic acid groups (broad SMARTS) is 1. The molecule has 1 aromatic carbocycles. The molecule has 1 amide bonds. The van der Waals surface area contributed by atoms with E-state index >= 15 is 0 Å². The van der Waals surface area contributed by atoms with Crippen molar-refractivity contribution in [3.05, 3.63) is 29.3 Å². The topological polar surface area (TPSA) is 158 Å². The van der Waals surface area contributed by atoms with Gasteiger partial charge in [0.25, 0.3) is 0 Å². The van der Waals surface area contributed by atoms with Crippen LogP contribution < -0.4 is 26.3 Å². The number of aliphatic imine (C=N–C) groups is 1. The molecule has 1 heterocycles. The lowest BCUT2D eigenvalue weighted by Gasteiger charge is -2.31. The number of hydrogen-bond acceptors (Lipinski definition) is 6. The molecule has 0 saturated heterocycles. The number of fused-ring (bicyclic) bond motifs is 1. The van der Waals surface area contributed by atoms with Crippen molar-refractivity contribution in [2.75, 3.05) is 13.1 Å². The van der Waals surface area contributed by atoms with Gasteiger partial charge in [-0.25, -0.2) is 4.79 Å². The number of carbonyl (C=O) groups excluding carboxylic acids is 1. The average Bonchev–Trinajstić information content (AvgIpc) is 2.77. The van der Waals surface area contributed by atoms with E-state index in [9.17, 15) is 19.7 Å². The maximum absolute atomic E-state index is 12.6. The summed E-state index contributed by atoms with van der Waals surface area (Å²) in [6.45, 7) is 5.41. The predicted octanol–water partition coefficient (Wildman–Crippen LogP) is 0.675. The highest BCUT2D eigenvalue weighted by Gasteiger charge is 2.38. The second-order valence-electron chi connectivity index (χ2n) is 9.43. The molecule has 1 aliphatic heterocycles. The molecule has 0 spiro atoms. The van der Waals surface area contributed by atoms with Gasteiger partial charge < -0.3 is 36.5 Å². The monoisotopic (exact) mass is 473 g/mol. The SMILES string of the molecule is CC(C)NC(N)=NCCNC1CCC(CC(=O)N[C@H]2Cc3cccc(C(=O)O)c3OB2O)CC1. The molecular weight excluding hydrogens is 437 g/mol. The lowest BCUT2D eigenvalue weighted by molar-refractivity contribution is -0.122. The molecule has 1 fully saturated rings. The smallest absolute Gasteiger partial charge is 0.534 e. The molecule has 11 heteroatoms. The van der Waals surface area contributed by atoms with Crippen molar-refractivity contribution in [2.45, 2.75) is 70.4 Å². The van der Waals surface area contributed by atoms with Crippen molar-refractivity contribution < 1.29 is 24.4 Å². The van der Waals surface area contributed by atoms with Gasteiger partial charge in [0.15, 0.2) is 5.96 Å². The first-order valence-electron chi connectivity index (χ1n) is 12.0. The number of nitrogens with zero attached hydrogens (tertiary/aromatic N) is 1. The van der Waals surface area contributed by atoms with Crippen LogP contribution in [0.15, 0.2) is 23.2 Å². The molecular formula is C23H36BN5O5. The minimum Gasteiger partial charge on any atom is -0.534 e. The Morgan fingerprint density at radius 3 is 2.68 bits per heavy atom. The molecule has 0 bridgehead atoms. The van der Waals surface area contributed by atoms with Crippen molar-refractivity contribution in [1.82, 2.24) is 16.0 Å². The van der Waals surface area contributed by atoms with Crippen LogP contribution in [0.25, 0.3) is 0 Å². The van der Waals surface area contributed by atoms with Crippen LogP contribution in [-0.4, -0.2) is 66.2 Å². The number of carbonyl (C=O) groups is 2. The number of guanidine groups is 1. The van der Waals surface area contributed by atoms with E-state index in [1.54, 1.807) is 12.1 Å². The zero-order chi connectivity index (χ0) is 24.7.